The maximum Gasteiger partial charge on any atom is 0.254 e. The van der Waals surface area contributed by atoms with Crippen molar-refractivity contribution in [3.05, 3.63) is 17.4 Å². The quantitative estimate of drug-likeness (QED) is 0.707. The molecular weight excluding hydrogens is 361 g/mol. The molecule has 0 atom stereocenters. The molecule has 0 saturated heterocycles. The zero-order chi connectivity index (χ0) is 19.3. The molecule has 3 N–H and O–H groups in total. The summed E-state index contributed by atoms with van der Waals surface area (Å²) in [4.78, 5) is 15.3. The first kappa shape index (κ1) is 20.4. The molecule has 0 bridgehead atoms. The fraction of sp³-hybridized carbons (Fsp3) is 0.647. The molecule has 1 saturated carbocycles. The first-order valence-electron chi connectivity index (χ1n) is 8.68. The zero-order valence-corrected chi connectivity index (χ0v) is 15.9. The first-order valence-corrected chi connectivity index (χ1v) is 10.7. The van der Waals surface area contributed by atoms with Gasteiger partial charge in [0.15, 0.2) is 11.6 Å². The van der Waals surface area contributed by atoms with Gasteiger partial charge in [0.2, 0.25) is 5.88 Å². The van der Waals surface area contributed by atoms with E-state index in [9.17, 15) is 17.6 Å². The summed E-state index contributed by atoms with van der Waals surface area (Å²) in [6, 6.07) is 1.11. The number of carbonyl (C=O) groups is 1. The number of amides is 1. The van der Waals surface area contributed by atoms with Crippen molar-refractivity contribution in [2.75, 3.05) is 24.4 Å². The third-order valence-corrected chi connectivity index (χ3v) is 5.75. The predicted octanol–water partition coefficient (Wildman–Crippen LogP) is 2.12. The number of nitrogens with zero attached hydrogens (tertiary/aromatic N) is 1. The van der Waals surface area contributed by atoms with Gasteiger partial charge in [-0.1, -0.05) is 0 Å². The molecule has 26 heavy (non-hydrogen) atoms. The van der Waals surface area contributed by atoms with Crippen LogP contribution in [-0.4, -0.2) is 44.5 Å². The molecule has 1 heterocycles. The minimum absolute atomic E-state index is 0.00383. The van der Waals surface area contributed by atoms with E-state index in [0.717, 1.165) is 38.2 Å². The van der Waals surface area contributed by atoms with Gasteiger partial charge in [-0.2, -0.15) is 4.98 Å². The Morgan fingerprint density at radius 2 is 2.04 bits per heavy atom. The molecule has 1 aliphatic carbocycles. The van der Waals surface area contributed by atoms with Gasteiger partial charge in [0, 0.05) is 18.1 Å². The standard InChI is InChI=1S/C17H26FN3O4S/c1-25-17-13(15(19)22)10-14(18)16(21-17)20-12-7-5-11(6-8-12)4-3-9-26(2,23)24/h10-12H,3-9H2,1-2H3,(H2,19,22)(H,20,21). The molecule has 1 aromatic heterocycles. The average molecular weight is 387 g/mol. The molecule has 0 aromatic carbocycles. The van der Waals surface area contributed by atoms with E-state index in [1.54, 1.807) is 0 Å². The predicted molar refractivity (Wildman–Crippen MR) is 97.6 cm³/mol. The number of hydrogen-bond acceptors (Lipinski definition) is 6. The number of rotatable bonds is 8. The van der Waals surface area contributed by atoms with Gasteiger partial charge in [-0.05, 0) is 50.5 Å². The number of pyridine rings is 1. The molecule has 1 amide bonds. The third-order valence-electron chi connectivity index (χ3n) is 4.71. The molecule has 0 spiro atoms. The molecule has 2 rings (SSSR count). The molecule has 0 aliphatic heterocycles. The molecule has 9 heteroatoms. The van der Waals surface area contributed by atoms with Gasteiger partial charge in [0.25, 0.3) is 5.91 Å². The second-order valence-electron chi connectivity index (χ2n) is 6.87. The Balaban J connectivity index is 1.90. The molecular formula is C17H26FN3O4S. The Hall–Kier alpha value is -1.90. The monoisotopic (exact) mass is 387 g/mol. The number of ether oxygens (including phenoxy) is 1. The van der Waals surface area contributed by atoms with Crippen molar-refractivity contribution in [2.45, 2.75) is 44.6 Å². The van der Waals surface area contributed by atoms with Gasteiger partial charge >= 0.3 is 0 Å². The maximum atomic E-state index is 14.2. The van der Waals surface area contributed by atoms with Crippen molar-refractivity contribution < 1.29 is 22.3 Å². The maximum absolute atomic E-state index is 14.2. The summed E-state index contributed by atoms with van der Waals surface area (Å²) >= 11 is 0. The van der Waals surface area contributed by atoms with E-state index >= 15 is 0 Å². The number of nitrogens with two attached hydrogens (primary N) is 1. The van der Waals surface area contributed by atoms with Crippen LogP contribution >= 0.6 is 0 Å². The van der Waals surface area contributed by atoms with Gasteiger partial charge < -0.3 is 15.8 Å². The van der Waals surface area contributed by atoms with Crippen LogP contribution < -0.4 is 15.8 Å². The largest absolute Gasteiger partial charge is 0.480 e. The van der Waals surface area contributed by atoms with Crippen molar-refractivity contribution >= 4 is 21.6 Å². The van der Waals surface area contributed by atoms with Crippen LogP contribution in [-0.2, 0) is 9.84 Å². The second kappa shape index (κ2) is 8.66. The highest BCUT2D eigenvalue weighted by Gasteiger charge is 2.23. The summed E-state index contributed by atoms with van der Waals surface area (Å²) in [5, 5.41) is 3.08. The van der Waals surface area contributed by atoms with Crippen molar-refractivity contribution in [1.29, 1.82) is 0 Å². The summed E-state index contributed by atoms with van der Waals surface area (Å²) in [5.41, 5.74) is 5.10. The summed E-state index contributed by atoms with van der Waals surface area (Å²) in [7, 11) is -1.56. The lowest BCUT2D eigenvalue weighted by Gasteiger charge is -2.29. The molecule has 7 nitrogen and oxygen atoms in total. The Kier molecular flexibility index (Phi) is 6.80. The van der Waals surface area contributed by atoms with E-state index in [2.05, 4.69) is 10.3 Å². The van der Waals surface area contributed by atoms with Crippen LogP contribution in [0.1, 0.15) is 48.9 Å². The van der Waals surface area contributed by atoms with E-state index in [0.29, 0.717) is 12.3 Å². The Bertz CT molecular complexity index is 747. The summed E-state index contributed by atoms with van der Waals surface area (Å²) in [5.74, 6) is -0.668. The van der Waals surface area contributed by atoms with Gasteiger partial charge in [0.1, 0.15) is 15.4 Å². The van der Waals surface area contributed by atoms with E-state index in [4.69, 9.17) is 10.5 Å². The number of hydrogen-bond donors (Lipinski definition) is 2. The van der Waals surface area contributed by atoms with E-state index < -0.39 is 21.6 Å². The Morgan fingerprint density at radius 1 is 1.38 bits per heavy atom. The van der Waals surface area contributed by atoms with E-state index in [1.165, 1.54) is 13.4 Å². The lowest BCUT2D eigenvalue weighted by molar-refractivity contribution is 0.0996. The number of sulfone groups is 1. The molecule has 1 fully saturated rings. The highest BCUT2D eigenvalue weighted by Crippen LogP contribution is 2.31. The highest BCUT2D eigenvalue weighted by molar-refractivity contribution is 7.90. The van der Waals surface area contributed by atoms with Gasteiger partial charge in [-0.15, -0.1) is 0 Å². The van der Waals surface area contributed by atoms with Crippen LogP contribution in [0.15, 0.2) is 6.07 Å². The van der Waals surface area contributed by atoms with Crippen LogP contribution in [0.4, 0.5) is 10.2 Å². The van der Waals surface area contributed by atoms with Gasteiger partial charge in [-0.25, -0.2) is 12.8 Å². The normalized spacial score (nSPS) is 20.6. The molecule has 146 valence electrons. The zero-order valence-electron chi connectivity index (χ0n) is 15.1. The van der Waals surface area contributed by atoms with Crippen LogP contribution in [0.25, 0.3) is 0 Å². The number of carbonyl (C=O) groups excluding carboxylic acids is 1. The molecule has 0 radical (unpaired) electrons. The van der Waals surface area contributed by atoms with Crippen molar-refractivity contribution in [3.8, 4) is 5.88 Å². The number of primary amides is 1. The average Bonchev–Trinajstić information content (AvgIpc) is 2.56. The number of methoxy groups -OCH3 is 1. The molecule has 1 aromatic rings. The lowest BCUT2D eigenvalue weighted by atomic mass is 9.83. The smallest absolute Gasteiger partial charge is 0.254 e. The van der Waals surface area contributed by atoms with Gasteiger partial charge in [-0.3, -0.25) is 4.79 Å². The van der Waals surface area contributed by atoms with Gasteiger partial charge in [0.05, 0.1) is 7.11 Å². The number of nitrogens with one attached hydrogen (secondary N) is 1. The lowest BCUT2D eigenvalue weighted by Crippen LogP contribution is -2.27. The number of aromatic nitrogens is 1. The van der Waals surface area contributed by atoms with Crippen LogP contribution in [0.2, 0.25) is 0 Å². The van der Waals surface area contributed by atoms with E-state index in [-0.39, 0.29) is 29.1 Å². The molecule has 0 unspecified atom stereocenters. The summed E-state index contributed by atoms with van der Waals surface area (Å²) in [6.45, 7) is 0. The minimum Gasteiger partial charge on any atom is -0.480 e. The van der Waals surface area contributed by atoms with Crippen molar-refractivity contribution in [2.24, 2.45) is 11.7 Å². The second-order valence-corrected chi connectivity index (χ2v) is 9.13. The van der Waals surface area contributed by atoms with Crippen molar-refractivity contribution in [1.82, 2.24) is 4.98 Å². The molecule has 1 aliphatic rings. The van der Waals surface area contributed by atoms with Crippen LogP contribution in [0, 0.1) is 11.7 Å². The topological polar surface area (TPSA) is 111 Å². The van der Waals surface area contributed by atoms with E-state index in [1.807, 2.05) is 0 Å². The first-order chi connectivity index (χ1) is 12.2. The number of anilines is 1. The fourth-order valence-corrected chi connectivity index (χ4v) is 4.02. The van der Waals surface area contributed by atoms with Crippen LogP contribution in [0.5, 0.6) is 5.88 Å². The summed E-state index contributed by atoms with van der Waals surface area (Å²) < 4.78 is 41.6. The third kappa shape index (κ3) is 5.82. The fourth-order valence-electron chi connectivity index (χ4n) is 3.33. The number of halogens is 1. The van der Waals surface area contributed by atoms with Crippen LogP contribution in [0.3, 0.4) is 0 Å². The Morgan fingerprint density at radius 3 is 2.58 bits per heavy atom. The highest BCUT2D eigenvalue weighted by atomic mass is 32.2. The van der Waals surface area contributed by atoms with Crippen molar-refractivity contribution in [3.63, 3.8) is 0 Å². The SMILES string of the molecule is COc1nc(NC2CCC(CCCS(C)(=O)=O)CC2)c(F)cc1C(N)=O. The minimum atomic E-state index is -2.90. The summed E-state index contributed by atoms with van der Waals surface area (Å²) in [6.07, 6.45) is 6.46. The Labute approximate surface area is 153 Å².